The van der Waals surface area contributed by atoms with Gasteiger partial charge in [-0.1, -0.05) is 6.92 Å². The fourth-order valence-electron chi connectivity index (χ4n) is 2.33. The molecule has 0 aliphatic carbocycles. The normalized spacial score (nSPS) is 13.4. The van der Waals surface area contributed by atoms with E-state index in [2.05, 4.69) is 32.0 Å². The third kappa shape index (κ3) is 2.29. The van der Waals surface area contributed by atoms with E-state index in [1.807, 2.05) is 22.9 Å². The topological polar surface area (TPSA) is 27.9 Å². The van der Waals surface area contributed by atoms with Gasteiger partial charge >= 0.3 is 0 Å². The van der Waals surface area contributed by atoms with E-state index >= 15 is 0 Å². The first-order chi connectivity index (χ1) is 8.13. The van der Waals surface area contributed by atoms with Crippen LogP contribution in [0.2, 0.25) is 0 Å². The van der Waals surface area contributed by atoms with Gasteiger partial charge in [-0.3, -0.25) is 0 Å². The summed E-state index contributed by atoms with van der Waals surface area (Å²) in [6, 6.07) is 6.22. The Morgan fingerprint density at radius 1 is 1.29 bits per heavy atom. The van der Waals surface area contributed by atoms with E-state index in [-0.39, 0.29) is 0 Å². The molecule has 3 heteroatoms. The third-order valence-corrected chi connectivity index (χ3v) is 3.40. The van der Waals surface area contributed by atoms with Crippen molar-refractivity contribution in [2.24, 2.45) is 0 Å². The molecular formula is C14H20N2O. The Bertz CT molecular complexity index is 502. The molecule has 2 heterocycles. The van der Waals surface area contributed by atoms with Crippen molar-refractivity contribution in [2.75, 3.05) is 14.1 Å². The fraction of sp³-hybridized carbons (Fsp3) is 0.429. The van der Waals surface area contributed by atoms with Crippen LogP contribution in [0.3, 0.4) is 0 Å². The van der Waals surface area contributed by atoms with Crippen LogP contribution in [0.4, 0.5) is 0 Å². The van der Waals surface area contributed by atoms with E-state index in [4.69, 9.17) is 0 Å². The molecule has 1 unspecified atom stereocenters. The van der Waals surface area contributed by atoms with Gasteiger partial charge in [0, 0.05) is 18.4 Å². The number of hydrogen-bond acceptors (Lipinski definition) is 2. The van der Waals surface area contributed by atoms with Crippen LogP contribution >= 0.6 is 0 Å². The quantitative estimate of drug-likeness (QED) is 0.877. The summed E-state index contributed by atoms with van der Waals surface area (Å²) < 4.78 is 1.98. The van der Waals surface area contributed by atoms with E-state index < -0.39 is 0 Å². The number of fused-ring (bicyclic) bond motifs is 1. The van der Waals surface area contributed by atoms with Crippen LogP contribution in [-0.2, 0) is 6.42 Å². The van der Waals surface area contributed by atoms with Gasteiger partial charge in [0.15, 0.2) is 0 Å². The van der Waals surface area contributed by atoms with Gasteiger partial charge in [0.25, 0.3) is 0 Å². The Morgan fingerprint density at radius 2 is 2.06 bits per heavy atom. The van der Waals surface area contributed by atoms with Gasteiger partial charge in [0.05, 0.1) is 5.52 Å². The van der Waals surface area contributed by atoms with Crippen molar-refractivity contribution in [3.8, 4) is 5.75 Å². The molecule has 92 valence electrons. The molecule has 3 nitrogen and oxygen atoms in total. The summed E-state index contributed by atoms with van der Waals surface area (Å²) in [5, 5.41) is 9.93. The van der Waals surface area contributed by atoms with Crippen LogP contribution in [0.5, 0.6) is 5.75 Å². The number of pyridine rings is 1. The van der Waals surface area contributed by atoms with Crippen molar-refractivity contribution in [2.45, 2.75) is 25.8 Å². The van der Waals surface area contributed by atoms with Crippen molar-refractivity contribution >= 4 is 5.52 Å². The predicted molar refractivity (Wildman–Crippen MR) is 70.5 cm³/mol. The molecule has 0 fully saturated rings. The SMILES string of the molecule is CCC(Cc1ccn2cccc(O)c12)N(C)C. The number of likely N-dealkylation sites (N-methyl/N-ethyl adjacent to an activating group) is 1. The molecule has 0 radical (unpaired) electrons. The highest BCUT2D eigenvalue weighted by atomic mass is 16.3. The Hall–Kier alpha value is -1.48. The molecule has 17 heavy (non-hydrogen) atoms. The summed E-state index contributed by atoms with van der Waals surface area (Å²) in [5.41, 5.74) is 2.15. The molecule has 1 atom stereocenters. The maximum atomic E-state index is 9.93. The van der Waals surface area contributed by atoms with Crippen molar-refractivity contribution in [1.29, 1.82) is 0 Å². The second-order valence-corrected chi connectivity index (χ2v) is 4.72. The molecule has 0 spiro atoms. The van der Waals surface area contributed by atoms with Crippen LogP contribution < -0.4 is 0 Å². The molecule has 0 saturated heterocycles. The molecule has 0 aliphatic heterocycles. The van der Waals surface area contributed by atoms with Crippen LogP contribution in [0.15, 0.2) is 30.6 Å². The standard InChI is InChI=1S/C14H20N2O/c1-4-12(15(2)3)10-11-7-9-16-8-5-6-13(17)14(11)16/h5-9,12,17H,4,10H2,1-3H3. The Labute approximate surface area is 102 Å². The van der Waals surface area contributed by atoms with Crippen molar-refractivity contribution in [3.05, 3.63) is 36.2 Å². The minimum Gasteiger partial charge on any atom is -0.506 e. The molecule has 0 aliphatic rings. The number of nitrogens with zero attached hydrogens (tertiary/aromatic N) is 2. The second kappa shape index (κ2) is 4.80. The Kier molecular flexibility index (Phi) is 3.38. The molecule has 0 bridgehead atoms. The molecule has 2 rings (SSSR count). The molecule has 0 saturated carbocycles. The largest absolute Gasteiger partial charge is 0.506 e. The van der Waals surface area contributed by atoms with Crippen molar-refractivity contribution in [1.82, 2.24) is 9.30 Å². The molecule has 0 aromatic carbocycles. The van der Waals surface area contributed by atoms with Crippen LogP contribution in [0, 0.1) is 0 Å². The number of aromatic hydroxyl groups is 1. The van der Waals surface area contributed by atoms with Gasteiger partial charge in [-0.25, -0.2) is 0 Å². The smallest absolute Gasteiger partial charge is 0.139 e. The minimum absolute atomic E-state index is 0.362. The van der Waals surface area contributed by atoms with Gasteiger partial charge in [0.1, 0.15) is 5.75 Å². The second-order valence-electron chi connectivity index (χ2n) is 4.72. The third-order valence-electron chi connectivity index (χ3n) is 3.40. The predicted octanol–water partition coefficient (Wildman–Crippen LogP) is 2.53. The Morgan fingerprint density at radius 3 is 2.71 bits per heavy atom. The molecule has 2 aromatic rings. The van der Waals surface area contributed by atoms with Crippen molar-refractivity contribution < 1.29 is 5.11 Å². The number of aromatic nitrogens is 1. The lowest BCUT2D eigenvalue weighted by atomic mass is 10.0. The van der Waals surface area contributed by atoms with E-state index in [1.54, 1.807) is 6.07 Å². The first-order valence-electron chi connectivity index (χ1n) is 6.07. The van der Waals surface area contributed by atoms with E-state index in [0.29, 0.717) is 11.8 Å². The maximum absolute atomic E-state index is 9.93. The van der Waals surface area contributed by atoms with E-state index in [9.17, 15) is 5.11 Å². The summed E-state index contributed by atoms with van der Waals surface area (Å²) in [6.07, 6.45) is 6.05. The summed E-state index contributed by atoms with van der Waals surface area (Å²) in [6.45, 7) is 2.20. The summed E-state index contributed by atoms with van der Waals surface area (Å²) >= 11 is 0. The maximum Gasteiger partial charge on any atom is 0.139 e. The van der Waals surface area contributed by atoms with Crippen LogP contribution in [0.1, 0.15) is 18.9 Å². The lowest BCUT2D eigenvalue weighted by Crippen LogP contribution is -2.29. The highest BCUT2D eigenvalue weighted by molar-refractivity contribution is 5.65. The average Bonchev–Trinajstić information content (AvgIpc) is 2.70. The van der Waals surface area contributed by atoms with Gasteiger partial charge in [-0.05, 0) is 50.7 Å². The first kappa shape index (κ1) is 12.0. The average molecular weight is 232 g/mol. The van der Waals surface area contributed by atoms with Gasteiger partial charge < -0.3 is 14.4 Å². The highest BCUT2D eigenvalue weighted by Gasteiger charge is 2.14. The fourth-order valence-corrected chi connectivity index (χ4v) is 2.33. The molecule has 0 amide bonds. The zero-order chi connectivity index (χ0) is 12.4. The lowest BCUT2D eigenvalue weighted by Gasteiger charge is -2.22. The van der Waals surface area contributed by atoms with E-state index in [1.165, 1.54) is 5.56 Å². The van der Waals surface area contributed by atoms with Crippen LogP contribution in [-0.4, -0.2) is 34.5 Å². The zero-order valence-electron chi connectivity index (χ0n) is 10.7. The summed E-state index contributed by atoms with van der Waals surface area (Å²) in [4.78, 5) is 2.24. The number of hydrogen-bond donors (Lipinski definition) is 1. The van der Waals surface area contributed by atoms with Gasteiger partial charge in [0.2, 0.25) is 0 Å². The van der Waals surface area contributed by atoms with Gasteiger partial charge in [-0.15, -0.1) is 0 Å². The van der Waals surface area contributed by atoms with Gasteiger partial charge in [-0.2, -0.15) is 0 Å². The van der Waals surface area contributed by atoms with Crippen molar-refractivity contribution in [3.63, 3.8) is 0 Å². The van der Waals surface area contributed by atoms with Crippen LogP contribution in [0.25, 0.3) is 5.52 Å². The highest BCUT2D eigenvalue weighted by Crippen LogP contribution is 2.25. The van der Waals surface area contributed by atoms with E-state index in [0.717, 1.165) is 18.4 Å². The number of rotatable bonds is 4. The Balaban J connectivity index is 2.36. The monoisotopic (exact) mass is 232 g/mol. The lowest BCUT2D eigenvalue weighted by molar-refractivity contribution is 0.284. The molecule has 2 aromatic heterocycles. The molecule has 1 N–H and O–H groups in total. The zero-order valence-corrected chi connectivity index (χ0v) is 10.7. The summed E-state index contributed by atoms with van der Waals surface area (Å²) in [7, 11) is 4.21. The molecular weight excluding hydrogens is 212 g/mol. The first-order valence-corrected chi connectivity index (χ1v) is 6.07. The minimum atomic E-state index is 0.362. The summed E-state index contributed by atoms with van der Waals surface area (Å²) in [5.74, 6) is 0.362.